The van der Waals surface area contributed by atoms with Crippen LogP contribution in [0.25, 0.3) is 0 Å². The summed E-state index contributed by atoms with van der Waals surface area (Å²) in [6.45, 7) is 8.64. The molecule has 25 heavy (non-hydrogen) atoms. The molecule has 1 aliphatic heterocycles. The third-order valence-electron chi connectivity index (χ3n) is 4.60. The molecule has 134 valence electrons. The van der Waals surface area contributed by atoms with Crippen LogP contribution in [0.2, 0.25) is 0 Å². The van der Waals surface area contributed by atoms with E-state index in [2.05, 4.69) is 20.3 Å². The molecule has 1 saturated heterocycles. The minimum atomic E-state index is -0.313. The number of nitrogens with one attached hydrogen (secondary N) is 1. The molecule has 8 nitrogen and oxygen atoms in total. The summed E-state index contributed by atoms with van der Waals surface area (Å²) in [6.07, 6.45) is 0.990. The van der Waals surface area contributed by atoms with Gasteiger partial charge in [-0.1, -0.05) is 6.07 Å². The number of nitrogens with zero attached hydrogens (tertiary/aromatic N) is 5. The van der Waals surface area contributed by atoms with Crippen molar-refractivity contribution in [2.24, 2.45) is 5.92 Å². The fourth-order valence-electron chi connectivity index (χ4n) is 3.39. The maximum atomic E-state index is 11.5. The number of hydrogen-bond donors (Lipinski definition) is 1. The van der Waals surface area contributed by atoms with Crippen molar-refractivity contribution in [1.82, 2.24) is 14.8 Å². The van der Waals surface area contributed by atoms with E-state index < -0.39 is 0 Å². The molecular formula is C17H24N6O2. The maximum Gasteiger partial charge on any atom is 0.333 e. The van der Waals surface area contributed by atoms with Crippen LogP contribution in [0.3, 0.4) is 0 Å². The molecular weight excluding hydrogens is 320 g/mol. The molecule has 0 aromatic carbocycles. The van der Waals surface area contributed by atoms with Gasteiger partial charge in [-0.15, -0.1) is 0 Å². The first kappa shape index (κ1) is 17.2. The fourth-order valence-corrected chi connectivity index (χ4v) is 3.39. The Kier molecular flexibility index (Phi) is 4.87. The van der Waals surface area contributed by atoms with Crippen molar-refractivity contribution in [2.75, 3.05) is 29.9 Å². The quantitative estimate of drug-likeness (QED) is 0.640. The van der Waals surface area contributed by atoms with Crippen LogP contribution in [0.5, 0.6) is 0 Å². The molecule has 2 aromatic rings. The van der Waals surface area contributed by atoms with E-state index in [4.69, 9.17) is 0 Å². The van der Waals surface area contributed by atoms with Gasteiger partial charge in [0.15, 0.2) is 0 Å². The van der Waals surface area contributed by atoms with Gasteiger partial charge < -0.3 is 10.2 Å². The molecule has 8 heteroatoms. The first-order valence-electron chi connectivity index (χ1n) is 8.63. The van der Waals surface area contributed by atoms with Crippen molar-refractivity contribution in [3.8, 4) is 0 Å². The van der Waals surface area contributed by atoms with Gasteiger partial charge >= 0.3 is 5.69 Å². The first-order valence-corrected chi connectivity index (χ1v) is 8.63. The highest BCUT2D eigenvalue weighted by atomic mass is 16.6. The largest absolute Gasteiger partial charge is 0.370 e. The van der Waals surface area contributed by atoms with E-state index >= 15 is 0 Å². The van der Waals surface area contributed by atoms with Gasteiger partial charge in [-0.05, 0) is 45.2 Å². The zero-order valence-electron chi connectivity index (χ0n) is 14.9. The van der Waals surface area contributed by atoms with Crippen molar-refractivity contribution >= 4 is 17.3 Å². The molecule has 0 radical (unpaired) electrons. The summed E-state index contributed by atoms with van der Waals surface area (Å²) in [6, 6.07) is 5.91. The average molecular weight is 344 g/mol. The second-order valence-electron chi connectivity index (χ2n) is 6.48. The third kappa shape index (κ3) is 3.57. The van der Waals surface area contributed by atoms with Gasteiger partial charge in [-0.25, -0.2) is 9.67 Å². The number of anilines is 2. The van der Waals surface area contributed by atoms with Gasteiger partial charge in [0, 0.05) is 31.9 Å². The van der Waals surface area contributed by atoms with Crippen LogP contribution in [0.15, 0.2) is 18.2 Å². The number of hydrogen-bond acceptors (Lipinski definition) is 6. The van der Waals surface area contributed by atoms with E-state index in [1.165, 1.54) is 0 Å². The molecule has 0 saturated carbocycles. The Hall–Kier alpha value is -2.64. The topological polar surface area (TPSA) is 89.1 Å². The Morgan fingerprint density at radius 1 is 1.40 bits per heavy atom. The zero-order valence-corrected chi connectivity index (χ0v) is 14.9. The summed E-state index contributed by atoms with van der Waals surface area (Å²) in [5.74, 6) is 1.93. The summed E-state index contributed by atoms with van der Waals surface area (Å²) in [4.78, 5) is 17.7. The summed E-state index contributed by atoms with van der Waals surface area (Å²) in [5, 5.41) is 19.2. The molecule has 1 fully saturated rings. The van der Waals surface area contributed by atoms with Crippen LogP contribution >= 0.6 is 0 Å². The normalized spacial score (nSPS) is 17.1. The van der Waals surface area contributed by atoms with E-state index in [1.54, 1.807) is 11.6 Å². The molecule has 3 heterocycles. The Bertz CT molecular complexity index is 772. The molecule has 1 N–H and O–H groups in total. The second-order valence-corrected chi connectivity index (χ2v) is 6.48. The van der Waals surface area contributed by atoms with Crippen molar-refractivity contribution in [1.29, 1.82) is 0 Å². The lowest BCUT2D eigenvalue weighted by Crippen LogP contribution is -2.25. The highest BCUT2D eigenvalue weighted by Crippen LogP contribution is 2.34. The maximum absolute atomic E-state index is 11.5. The summed E-state index contributed by atoms with van der Waals surface area (Å²) in [7, 11) is 0. The van der Waals surface area contributed by atoms with Crippen LogP contribution < -0.4 is 10.2 Å². The molecule has 0 amide bonds. The SMILES string of the molecule is CCn1nc(C)c([N+](=O)[O-])c1N1CC[C@@H](CNc2cccc(C)n2)C1. The van der Waals surface area contributed by atoms with Crippen molar-refractivity contribution in [3.05, 3.63) is 39.7 Å². The smallest absolute Gasteiger partial charge is 0.333 e. The number of nitro groups is 1. The molecule has 1 atom stereocenters. The Balaban J connectivity index is 1.70. The van der Waals surface area contributed by atoms with Gasteiger partial charge in [0.1, 0.15) is 11.5 Å². The van der Waals surface area contributed by atoms with Gasteiger partial charge in [0.25, 0.3) is 0 Å². The Morgan fingerprint density at radius 3 is 2.88 bits per heavy atom. The molecule has 0 unspecified atom stereocenters. The highest BCUT2D eigenvalue weighted by Gasteiger charge is 2.33. The summed E-state index contributed by atoms with van der Waals surface area (Å²) < 4.78 is 1.74. The molecule has 0 bridgehead atoms. The lowest BCUT2D eigenvalue weighted by molar-refractivity contribution is -0.384. The van der Waals surface area contributed by atoms with Crippen molar-refractivity contribution in [3.63, 3.8) is 0 Å². The molecule has 0 spiro atoms. The fraction of sp³-hybridized carbons (Fsp3) is 0.529. The van der Waals surface area contributed by atoms with E-state index in [-0.39, 0.29) is 10.6 Å². The average Bonchev–Trinajstić information content (AvgIpc) is 3.16. The number of rotatable bonds is 6. The lowest BCUT2D eigenvalue weighted by Gasteiger charge is -2.19. The first-order chi connectivity index (χ1) is 12.0. The summed E-state index contributed by atoms with van der Waals surface area (Å²) >= 11 is 0. The Labute approximate surface area is 147 Å². The molecule has 0 aliphatic carbocycles. The predicted molar refractivity (Wildman–Crippen MR) is 97.1 cm³/mol. The van der Waals surface area contributed by atoms with Crippen LogP contribution in [-0.2, 0) is 6.54 Å². The zero-order chi connectivity index (χ0) is 18.0. The minimum Gasteiger partial charge on any atom is -0.370 e. The highest BCUT2D eigenvalue weighted by molar-refractivity contribution is 5.62. The van der Waals surface area contributed by atoms with Crippen LogP contribution in [0, 0.1) is 29.9 Å². The van der Waals surface area contributed by atoms with Gasteiger partial charge in [-0.2, -0.15) is 5.10 Å². The lowest BCUT2D eigenvalue weighted by atomic mass is 10.1. The number of aromatic nitrogens is 3. The van der Waals surface area contributed by atoms with Crippen LogP contribution in [-0.4, -0.2) is 39.3 Å². The monoisotopic (exact) mass is 344 g/mol. The molecule has 3 rings (SSSR count). The van der Waals surface area contributed by atoms with E-state index in [1.807, 2.05) is 32.0 Å². The van der Waals surface area contributed by atoms with Crippen LogP contribution in [0.1, 0.15) is 24.7 Å². The van der Waals surface area contributed by atoms with Crippen LogP contribution in [0.4, 0.5) is 17.3 Å². The van der Waals surface area contributed by atoms with Crippen molar-refractivity contribution in [2.45, 2.75) is 33.7 Å². The molecule has 1 aliphatic rings. The van der Waals surface area contributed by atoms with E-state index in [0.29, 0.717) is 24.0 Å². The van der Waals surface area contributed by atoms with E-state index in [0.717, 1.165) is 37.6 Å². The van der Waals surface area contributed by atoms with Gasteiger partial charge in [-0.3, -0.25) is 10.1 Å². The summed E-state index contributed by atoms with van der Waals surface area (Å²) in [5.41, 5.74) is 1.60. The predicted octanol–water partition coefficient (Wildman–Crippen LogP) is 2.76. The Morgan fingerprint density at radius 2 is 2.20 bits per heavy atom. The van der Waals surface area contributed by atoms with Crippen molar-refractivity contribution < 1.29 is 4.92 Å². The van der Waals surface area contributed by atoms with Gasteiger partial charge in [0.05, 0.1) is 4.92 Å². The standard InChI is InChI=1S/C17H24N6O2/c1-4-22-17(16(23(24)25)13(3)20-22)21-9-8-14(11-21)10-18-15-7-5-6-12(2)19-15/h5-7,14H,4,8-11H2,1-3H3,(H,18,19)/t14-/m0/s1. The second kappa shape index (κ2) is 7.08. The third-order valence-corrected chi connectivity index (χ3v) is 4.60. The van der Waals surface area contributed by atoms with E-state index in [9.17, 15) is 10.1 Å². The minimum absolute atomic E-state index is 0.135. The van der Waals surface area contributed by atoms with Gasteiger partial charge in [0.2, 0.25) is 5.82 Å². The number of aryl methyl sites for hydroxylation is 3. The number of pyridine rings is 1. The molecule has 2 aromatic heterocycles.